The molecule has 2 heterocycles. The quantitative estimate of drug-likeness (QED) is 0.314. The summed E-state index contributed by atoms with van der Waals surface area (Å²) in [4.78, 5) is 22.0. The van der Waals surface area contributed by atoms with Crippen LogP contribution in [0, 0.1) is 12.7 Å². The molecule has 0 aliphatic carbocycles. The SMILES string of the molecule is Cc1ccc(S(=O)(=O)Nc2cccc(C(=O)NCCN3CCN(c4nc5ccc(F)cc5s4)CC3)c2)cc1.Cl. The van der Waals surface area contributed by atoms with E-state index in [-0.39, 0.29) is 29.0 Å². The summed E-state index contributed by atoms with van der Waals surface area (Å²) in [5, 5.41) is 3.82. The Kier molecular flexibility index (Phi) is 9.06. The second-order valence-electron chi connectivity index (χ2n) is 9.19. The van der Waals surface area contributed by atoms with Crippen LogP contribution < -0.4 is 14.9 Å². The van der Waals surface area contributed by atoms with Gasteiger partial charge in [0, 0.05) is 50.5 Å². The normalized spacial score (nSPS) is 14.2. The number of hydrogen-bond donors (Lipinski definition) is 2. The molecule has 0 radical (unpaired) electrons. The van der Waals surface area contributed by atoms with Gasteiger partial charge in [-0.1, -0.05) is 35.1 Å². The first-order chi connectivity index (χ1) is 18.3. The molecule has 5 rings (SSSR count). The number of thiazole rings is 1. The first-order valence-corrected chi connectivity index (χ1v) is 14.6. The molecule has 1 saturated heterocycles. The van der Waals surface area contributed by atoms with Gasteiger partial charge in [-0.3, -0.25) is 14.4 Å². The average molecular weight is 590 g/mol. The van der Waals surface area contributed by atoms with E-state index in [2.05, 4.69) is 24.8 Å². The predicted octanol–water partition coefficient (Wildman–Crippen LogP) is 4.52. The second kappa shape index (κ2) is 12.3. The molecule has 0 bridgehead atoms. The van der Waals surface area contributed by atoms with Crippen LogP contribution in [-0.4, -0.2) is 63.5 Å². The van der Waals surface area contributed by atoms with Crippen LogP contribution in [0.5, 0.6) is 0 Å². The maximum absolute atomic E-state index is 13.5. The third-order valence-corrected chi connectivity index (χ3v) is 8.88. The molecule has 1 aromatic heterocycles. The molecule has 1 aliphatic heterocycles. The minimum atomic E-state index is -3.75. The number of halogens is 2. The molecule has 12 heteroatoms. The Hall–Kier alpha value is -3.25. The summed E-state index contributed by atoms with van der Waals surface area (Å²) in [5.41, 5.74) is 2.48. The molecular weight excluding hydrogens is 561 g/mol. The zero-order valence-corrected chi connectivity index (χ0v) is 23.7. The zero-order valence-electron chi connectivity index (χ0n) is 21.3. The lowest BCUT2D eigenvalue weighted by Gasteiger charge is -2.34. The fourth-order valence-corrected chi connectivity index (χ4v) is 6.36. The van der Waals surface area contributed by atoms with Crippen LogP contribution in [0.4, 0.5) is 15.2 Å². The molecule has 2 N–H and O–H groups in total. The van der Waals surface area contributed by atoms with Crippen molar-refractivity contribution in [2.75, 3.05) is 48.9 Å². The van der Waals surface area contributed by atoms with Gasteiger partial charge in [0.05, 0.1) is 15.1 Å². The van der Waals surface area contributed by atoms with Gasteiger partial charge in [0.1, 0.15) is 5.82 Å². The fraction of sp³-hybridized carbons (Fsp3) is 0.259. The summed E-state index contributed by atoms with van der Waals surface area (Å²) in [7, 11) is -3.75. The molecule has 0 saturated carbocycles. The second-order valence-corrected chi connectivity index (χ2v) is 11.9. The maximum atomic E-state index is 13.5. The van der Waals surface area contributed by atoms with Crippen molar-refractivity contribution in [3.63, 3.8) is 0 Å². The average Bonchev–Trinajstić information content (AvgIpc) is 3.32. The number of sulfonamides is 1. The monoisotopic (exact) mass is 589 g/mol. The van der Waals surface area contributed by atoms with Crippen LogP contribution in [0.25, 0.3) is 10.2 Å². The van der Waals surface area contributed by atoms with E-state index < -0.39 is 10.0 Å². The number of carbonyl (C=O) groups excluding carboxylic acids is 1. The highest BCUT2D eigenvalue weighted by molar-refractivity contribution is 7.92. The van der Waals surface area contributed by atoms with Gasteiger partial charge >= 0.3 is 0 Å². The van der Waals surface area contributed by atoms with Crippen molar-refractivity contribution in [1.29, 1.82) is 0 Å². The predicted molar refractivity (Wildman–Crippen MR) is 156 cm³/mol. The van der Waals surface area contributed by atoms with Gasteiger partial charge in [0.25, 0.3) is 15.9 Å². The first kappa shape index (κ1) is 28.8. The van der Waals surface area contributed by atoms with Crippen molar-refractivity contribution in [3.05, 3.63) is 83.7 Å². The van der Waals surface area contributed by atoms with E-state index in [0.29, 0.717) is 24.3 Å². The van der Waals surface area contributed by atoms with Gasteiger partial charge < -0.3 is 10.2 Å². The Bertz CT molecular complexity index is 1560. The number of nitrogens with one attached hydrogen (secondary N) is 2. The van der Waals surface area contributed by atoms with Crippen LogP contribution in [0.1, 0.15) is 15.9 Å². The largest absolute Gasteiger partial charge is 0.351 e. The van der Waals surface area contributed by atoms with E-state index in [0.717, 1.165) is 47.1 Å². The van der Waals surface area contributed by atoms with Gasteiger partial charge in [0.15, 0.2) is 5.13 Å². The highest BCUT2D eigenvalue weighted by Gasteiger charge is 2.20. The molecular formula is C27H29ClFN5O3S2. The summed E-state index contributed by atoms with van der Waals surface area (Å²) in [6, 6.07) is 17.7. The molecule has 3 aromatic carbocycles. The van der Waals surface area contributed by atoms with Crippen molar-refractivity contribution in [2.24, 2.45) is 0 Å². The van der Waals surface area contributed by atoms with Crippen molar-refractivity contribution in [1.82, 2.24) is 15.2 Å². The molecule has 8 nitrogen and oxygen atoms in total. The molecule has 4 aromatic rings. The van der Waals surface area contributed by atoms with Crippen LogP contribution in [-0.2, 0) is 10.0 Å². The summed E-state index contributed by atoms with van der Waals surface area (Å²) >= 11 is 1.50. The van der Waals surface area contributed by atoms with E-state index in [4.69, 9.17) is 0 Å². The Balaban J connectivity index is 0.00000353. The third-order valence-electron chi connectivity index (χ3n) is 6.40. The van der Waals surface area contributed by atoms with E-state index in [1.165, 1.54) is 29.5 Å². The van der Waals surface area contributed by atoms with Gasteiger partial charge in [-0.2, -0.15) is 0 Å². The topological polar surface area (TPSA) is 94.6 Å². The minimum absolute atomic E-state index is 0. The number of piperazine rings is 1. The summed E-state index contributed by atoms with van der Waals surface area (Å²) in [6.45, 7) is 6.33. The van der Waals surface area contributed by atoms with E-state index in [1.807, 2.05) is 6.92 Å². The van der Waals surface area contributed by atoms with Crippen LogP contribution in [0.2, 0.25) is 0 Å². The Labute approximate surface area is 237 Å². The first-order valence-electron chi connectivity index (χ1n) is 12.3. The number of aryl methyl sites for hydroxylation is 1. The molecule has 39 heavy (non-hydrogen) atoms. The lowest BCUT2D eigenvalue weighted by molar-refractivity contribution is 0.0948. The van der Waals surface area contributed by atoms with Gasteiger partial charge in [-0.15, -0.1) is 12.4 Å². The molecule has 206 valence electrons. The van der Waals surface area contributed by atoms with E-state index in [9.17, 15) is 17.6 Å². The number of benzene rings is 3. The molecule has 0 atom stereocenters. The number of anilines is 2. The minimum Gasteiger partial charge on any atom is -0.351 e. The standard InChI is InChI=1S/C27H28FN5O3S2.ClH/c1-19-5-8-23(9-6-19)38(35,36)31-22-4-2-3-20(17-22)26(34)29-11-12-32-13-15-33(16-14-32)27-30-24-10-7-21(28)18-25(24)37-27;/h2-10,17-18,31H,11-16H2,1H3,(H,29,34);1H. The van der Waals surface area contributed by atoms with Gasteiger partial charge in [-0.05, 0) is 55.5 Å². The van der Waals surface area contributed by atoms with E-state index in [1.54, 1.807) is 48.5 Å². The van der Waals surface area contributed by atoms with Crippen LogP contribution in [0.15, 0.2) is 71.6 Å². The number of hydrogen-bond acceptors (Lipinski definition) is 7. The number of nitrogens with zero attached hydrogens (tertiary/aromatic N) is 3. The van der Waals surface area contributed by atoms with E-state index >= 15 is 0 Å². The Morgan fingerprint density at radius 2 is 1.77 bits per heavy atom. The lowest BCUT2D eigenvalue weighted by Crippen LogP contribution is -2.48. The van der Waals surface area contributed by atoms with Crippen molar-refractivity contribution < 1.29 is 17.6 Å². The zero-order chi connectivity index (χ0) is 26.7. The molecule has 1 amide bonds. The number of fused-ring (bicyclic) bond motifs is 1. The summed E-state index contributed by atoms with van der Waals surface area (Å²) < 4.78 is 42.2. The lowest BCUT2D eigenvalue weighted by atomic mass is 10.2. The van der Waals surface area contributed by atoms with Crippen molar-refractivity contribution >= 4 is 60.7 Å². The number of carbonyl (C=O) groups is 1. The third kappa shape index (κ3) is 7.04. The number of rotatable bonds is 8. The smallest absolute Gasteiger partial charge is 0.261 e. The fourth-order valence-electron chi connectivity index (χ4n) is 4.27. The maximum Gasteiger partial charge on any atom is 0.261 e. The Morgan fingerprint density at radius 1 is 1.03 bits per heavy atom. The van der Waals surface area contributed by atoms with Crippen molar-refractivity contribution in [3.8, 4) is 0 Å². The molecule has 1 aliphatic rings. The summed E-state index contributed by atoms with van der Waals surface area (Å²) in [6.07, 6.45) is 0. The van der Waals surface area contributed by atoms with Crippen LogP contribution in [0.3, 0.4) is 0 Å². The molecule has 1 fully saturated rings. The molecule has 0 unspecified atom stereocenters. The highest BCUT2D eigenvalue weighted by atomic mass is 35.5. The molecule has 0 spiro atoms. The highest BCUT2D eigenvalue weighted by Crippen LogP contribution is 2.29. The Morgan fingerprint density at radius 3 is 2.51 bits per heavy atom. The van der Waals surface area contributed by atoms with Crippen LogP contribution >= 0.6 is 23.7 Å². The number of aromatic nitrogens is 1. The van der Waals surface area contributed by atoms with Gasteiger partial charge in [-0.25, -0.2) is 17.8 Å². The van der Waals surface area contributed by atoms with Gasteiger partial charge in [0.2, 0.25) is 0 Å². The number of amides is 1. The summed E-state index contributed by atoms with van der Waals surface area (Å²) in [5.74, 6) is -0.517. The van der Waals surface area contributed by atoms with Crippen molar-refractivity contribution in [2.45, 2.75) is 11.8 Å².